The highest BCUT2D eigenvalue weighted by atomic mass is 32.2. The minimum absolute atomic E-state index is 0.0836. The van der Waals surface area contributed by atoms with Gasteiger partial charge in [-0.15, -0.1) is 21.5 Å². The van der Waals surface area contributed by atoms with Gasteiger partial charge < -0.3 is 14.6 Å². The molecule has 2 aromatic rings. The highest BCUT2D eigenvalue weighted by Gasteiger charge is 2.15. The van der Waals surface area contributed by atoms with Gasteiger partial charge in [0, 0.05) is 20.2 Å². The van der Waals surface area contributed by atoms with Gasteiger partial charge >= 0.3 is 6.03 Å². The zero-order valence-electron chi connectivity index (χ0n) is 13.4. The van der Waals surface area contributed by atoms with Crippen LogP contribution in [0.4, 0.5) is 4.79 Å². The number of methoxy groups -OCH3 is 1. The predicted octanol–water partition coefficient (Wildman–Crippen LogP) is 1.59. The first-order valence-electron chi connectivity index (χ1n) is 7.32. The number of ether oxygens (including phenoxy) is 1. The van der Waals surface area contributed by atoms with Crippen LogP contribution in [0.2, 0.25) is 0 Å². The molecule has 0 bridgehead atoms. The van der Waals surface area contributed by atoms with Crippen molar-refractivity contribution in [1.29, 1.82) is 0 Å². The number of hydrogen-bond donors (Lipinski definition) is 2. The van der Waals surface area contributed by atoms with Crippen LogP contribution in [0.3, 0.4) is 0 Å². The summed E-state index contributed by atoms with van der Waals surface area (Å²) in [5, 5.41) is 15.7. The van der Waals surface area contributed by atoms with Crippen LogP contribution in [0.25, 0.3) is 10.7 Å². The van der Waals surface area contributed by atoms with Gasteiger partial charge in [-0.3, -0.25) is 10.1 Å². The fourth-order valence-electron chi connectivity index (χ4n) is 1.87. The highest BCUT2D eigenvalue weighted by Crippen LogP contribution is 2.26. The average molecular weight is 369 g/mol. The van der Waals surface area contributed by atoms with Gasteiger partial charge in [-0.2, -0.15) is 0 Å². The van der Waals surface area contributed by atoms with E-state index in [9.17, 15) is 9.59 Å². The van der Waals surface area contributed by atoms with E-state index in [1.54, 1.807) is 11.3 Å². The minimum Gasteiger partial charge on any atom is -0.383 e. The molecule has 3 amide bonds. The van der Waals surface area contributed by atoms with Crippen molar-refractivity contribution in [3.05, 3.63) is 17.5 Å². The average Bonchev–Trinajstić information content (AvgIpc) is 3.21. The Balaban J connectivity index is 1.88. The van der Waals surface area contributed by atoms with Crippen molar-refractivity contribution < 1.29 is 14.3 Å². The van der Waals surface area contributed by atoms with Gasteiger partial charge in [0.1, 0.15) is 0 Å². The molecule has 24 heavy (non-hydrogen) atoms. The quantitative estimate of drug-likeness (QED) is 0.542. The van der Waals surface area contributed by atoms with Crippen molar-refractivity contribution in [2.45, 2.75) is 18.6 Å². The normalized spacial score (nSPS) is 10.6. The number of aromatic nitrogens is 3. The monoisotopic (exact) mass is 369 g/mol. The van der Waals surface area contributed by atoms with Gasteiger partial charge in [0.2, 0.25) is 5.91 Å². The molecule has 0 aliphatic heterocycles. The van der Waals surface area contributed by atoms with E-state index in [1.165, 1.54) is 18.9 Å². The molecule has 2 heterocycles. The second-order valence-electron chi connectivity index (χ2n) is 4.61. The Bertz CT molecular complexity index is 672. The maximum atomic E-state index is 11.8. The summed E-state index contributed by atoms with van der Waals surface area (Å²) in [5.41, 5.74) is 0. The molecule has 0 aromatic carbocycles. The van der Waals surface area contributed by atoms with Gasteiger partial charge in [-0.1, -0.05) is 17.8 Å². The van der Waals surface area contributed by atoms with Crippen LogP contribution >= 0.6 is 23.1 Å². The lowest BCUT2D eigenvalue weighted by molar-refractivity contribution is -0.117. The second-order valence-corrected chi connectivity index (χ2v) is 6.50. The predicted molar refractivity (Wildman–Crippen MR) is 93.2 cm³/mol. The molecule has 2 aromatic heterocycles. The van der Waals surface area contributed by atoms with Gasteiger partial charge in [-0.05, 0) is 18.4 Å². The molecule has 0 spiro atoms. The highest BCUT2D eigenvalue weighted by molar-refractivity contribution is 7.99. The molecule has 0 atom stereocenters. The van der Waals surface area contributed by atoms with Crippen molar-refractivity contribution in [1.82, 2.24) is 25.4 Å². The summed E-state index contributed by atoms with van der Waals surface area (Å²) < 4.78 is 6.76. The number of carbonyl (C=O) groups excluding carboxylic acids is 2. The minimum atomic E-state index is -0.533. The summed E-state index contributed by atoms with van der Waals surface area (Å²) in [4.78, 5) is 24.3. The number of urea groups is 1. The van der Waals surface area contributed by atoms with E-state index < -0.39 is 11.9 Å². The molecule has 0 aliphatic rings. The molecule has 130 valence electrons. The summed E-state index contributed by atoms with van der Waals surface area (Å²) in [6, 6.07) is 3.40. The summed E-state index contributed by atoms with van der Waals surface area (Å²) in [7, 11) is 1.54. The van der Waals surface area contributed by atoms with Crippen LogP contribution in [0.1, 0.15) is 6.92 Å². The summed E-state index contributed by atoms with van der Waals surface area (Å²) in [5.74, 6) is 0.478. The SMILES string of the molecule is CCn1c(SCC(=O)NC(=O)NCCOC)nnc1-c1cccs1. The van der Waals surface area contributed by atoms with Crippen LogP contribution < -0.4 is 10.6 Å². The Morgan fingerprint density at radius 2 is 2.25 bits per heavy atom. The molecule has 2 N–H and O–H groups in total. The lowest BCUT2D eigenvalue weighted by Gasteiger charge is -2.07. The van der Waals surface area contributed by atoms with Crippen LogP contribution in [-0.2, 0) is 16.1 Å². The number of nitrogens with zero attached hydrogens (tertiary/aromatic N) is 3. The molecule has 10 heteroatoms. The van der Waals surface area contributed by atoms with Crippen LogP contribution in [0.15, 0.2) is 22.7 Å². The lowest BCUT2D eigenvalue weighted by atomic mass is 10.4. The first kappa shape index (κ1) is 18.4. The van der Waals surface area contributed by atoms with Gasteiger partial charge in [0.15, 0.2) is 11.0 Å². The van der Waals surface area contributed by atoms with Gasteiger partial charge in [-0.25, -0.2) is 4.79 Å². The van der Waals surface area contributed by atoms with Crippen molar-refractivity contribution in [3.8, 4) is 10.7 Å². The summed E-state index contributed by atoms with van der Waals surface area (Å²) >= 11 is 2.83. The molecule has 2 rings (SSSR count). The Morgan fingerprint density at radius 1 is 1.42 bits per heavy atom. The molecule has 0 fully saturated rings. The Labute approximate surface area is 148 Å². The van der Waals surface area contributed by atoms with Crippen LogP contribution in [-0.4, -0.2) is 52.7 Å². The van der Waals surface area contributed by atoms with Crippen molar-refractivity contribution in [3.63, 3.8) is 0 Å². The molecule has 0 saturated carbocycles. The molecular formula is C14H19N5O3S2. The standard InChI is InChI=1S/C14H19N5O3S2/c1-3-19-12(10-5-4-8-23-10)17-18-14(19)24-9-11(20)16-13(21)15-6-7-22-2/h4-5,8H,3,6-7,9H2,1-2H3,(H2,15,16,20,21). The maximum Gasteiger partial charge on any atom is 0.321 e. The van der Waals surface area contributed by atoms with Gasteiger partial charge in [0.25, 0.3) is 0 Å². The molecule has 0 unspecified atom stereocenters. The number of imide groups is 1. The van der Waals surface area contributed by atoms with Crippen LogP contribution in [0, 0.1) is 0 Å². The molecule has 8 nitrogen and oxygen atoms in total. The molecular weight excluding hydrogens is 350 g/mol. The number of carbonyl (C=O) groups is 2. The number of thioether (sulfide) groups is 1. The smallest absolute Gasteiger partial charge is 0.321 e. The van der Waals surface area contributed by atoms with E-state index in [1.807, 2.05) is 29.0 Å². The molecule has 0 radical (unpaired) electrons. The molecule has 0 saturated heterocycles. The summed E-state index contributed by atoms with van der Waals surface area (Å²) in [6.45, 7) is 3.42. The second kappa shape index (κ2) is 9.40. The number of amides is 3. The van der Waals surface area contributed by atoms with E-state index in [0.717, 1.165) is 10.7 Å². The summed E-state index contributed by atoms with van der Waals surface area (Å²) in [6.07, 6.45) is 0. The molecule has 0 aliphatic carbocycles. The zero-order chi connectivity index (χ0) is 17.4. The number of nitrogens with one attached hydrogen (secondary N) is 2. The van der Waals surface area contributed by atoms with Crippen molar-refractivity contribution in [2.24, 2.45) is 0 Å². The van der Waals surface area contributed by atoms with Crippen molar-refractivity contribution in [2.75, 3.05) is 26.0 Å². The number of hydrogen-bond acceptors (Lipinski definition) is 7. The third-order valence-corrected chi connectivity index (χ3v) is 4.78. The van der Waals surface area contributed by atoms with E-state index >= 15 is 0 Å². The first-order valence-corrected chi connectivity index (χ1v) is 9.18. The fraction of sp³-hybridized carbons (Fsp3) is 0.429. The lowest BCUT2D eigenvalue weighted by Crippen LogP contribution is -2.41. The Morgan fingerprint density at radius 3 is 2.92 bits per heavy atom. The third-order valence-electron chi connectivity index (χ3n) is 2.95. The first-order chi connectivity index (χ1) is 11.7. The Kier molecular flexibility index (Phi) is 7.22. The zero-order valence-corrected chi connectivity index (χ0v) is 15.1. The van der Waals surface area contributed by atoms with E-state index in [0.29, 0.717) is 24.9 Å². The topological polar surface area (TPSA) is 98.1 Å². The fourth-order valence-corrected chi connectivity index (χ4v) is 3.39. The van der Waals surface area contributed by atoms with Crippen LogP contribution in [0.5, 0.6) is 0 Å². The number of rotatable bonds is 8. The van der Waals surface area contributed by atoms with E-state index in [4.69, 9.17) is 4.74 Å². The van der Waals surface area contributed by atoms with Gasteiger partial charge in [0.05, 0.1) is 17.2 Å². The van der Waals surface area contributed by atoms with E-state index in [-0.39, 0.29) is 5.75 Å². The third kappa shape index (κ3) is 5.05. The van der Waals surface area contributed by atoms with E-state index in [2.05, 4.69) is 20.8 Å². The van der Waals surface area contributed by atoms with Crippen molar-refractivity contribution >= 4 is 35.0 Å². The maximum absolute atomic E-state index is 11.8. The Hall–Kier alpha value is -1.91. The largest absolute Gasteiger partial charge is 0.383 e. The number of thiophene rings is 1.